The van der Waals surface area contributed by atoms with Gasteiger partial charge in [0.1, 0.15) is 0 Å². The smallest absolute Gasteiger partial charge is 0.0704 e. The molecule has 0 aliphatic rings. The fourth-order valence-corrected chi connectivity index (χ4v) is 3.39. The van der Waals surface area contributed by atoms with Gasteiger partial charge < -0.3 is 0 Å². The van der Waals surface area contributed by atoms with Gasteiger partial charge in [-0.1, -0.05) is 63.2 Å². The van der Waals surface area contributed by atoms with E-state index in [0.717, 1.165) is 5.69 Å². The number of hydrogen-bond acceptors (Lipinski definition) is 1. The lowest BCUT2D eigenvalue weighted by molar-refractivity contribution is 0.591. The van der Waals surface area contributed by atoms with Crippen molar-refractivity contribution < 1.29 is 0 Å². The molecule has 0 N–H and O–H groups in total. The van der Waals surface area contributed by atoms with Crippen molar-refractivity contribution in [1.29, 1.82) is 0 Å². The van der Waals surface area contributed by atoms with Crippen molar-refractivity contribution in [3.8, 4) is 11.3 Å². The average Bonchev–Trinajstić information content (AvgIpc) is 2.60. The number of aryl methyl sites for hydroxylation is 1. The van der Waals surface area contributed by atoms with Crippen LogP contribution in [0.3, 0.4) is 0 Å². The number of rotatable bonds is 1. The van der Waals surface area contributed by atoms with Gasteiger partial charge in [0, 0.05) is 11.8 Å². The maximum Gasteiger partial charge on any atom is 0.0704 e. The van der Waals surface area contributed by atoms with Crippen molar-refractivity contribution in [2.45, 2.75) is 33.1 Å². The Balaban J connectivity index is 1.89. The summed E-state index contributed by atoms with van der Waals surface area (Å²) in [6.07, 6.45) is 1.88. The SMILES string of the molecule is Cc1ccnc(-c2ccc3c(ccc4cc(C(C)(C)C)ccc43)c2)c1. The van der Waals surface area contributed by atoms with Gasteiger partial charge in [0.15, 0.2) is 0 Å². The van der Waals surface area contributed by atoms with Gasteiger partial charge in [0.2, 0.25) is 0 Å². The van der Waals surface area contributed by atoms with Crippen LogP contribution in [0.15, 0.2) is 66.9 Å². The highest BCUT2D eigenvalue weighted by molar-refractivity contribution is 6.08. The zero-order chi connectivity index (χ0) is 17.6. The largest absolute Gasteiger partial charge is 0.256 e. The minimum atomic E-state index is 0.170. The quantitative estimate of drug-likeness (QED) is 0.356. The first kappa shape index (κ1) is 15.8. The summed E-state index contributed by atoms with van der Waals surface area (Å²) in [6, 6.07) is 22.1. The Morgan fingerprint density at radius 3 is 2.08 bits per heavy atom. The van der Waals surface area contributed by atoms with Gasteiger partial charge in [-0.15, -0.1) is 0 Å². The van der Waals surface area contributed by atoms with Gasteiger partial charge in [0.25, 0.3) is 0 Å². The van der Waals surface area contributed by atoms with Crippen LogP contribution >= 0.6 is 0 Å². The van der Waals surface area contributed by atoms with E-state index in [2.05, 4.69) is 87.3 Å². The Morgan fingerprint density at radius 2 is 1.40 bits per heavy atom. The number of nitrogens with zero attached hydrogens (tertiary/aromatic N) is 1. The van der Waals surface area contributed by atoms with Gasteiger partial charge in [-0.05, 0) is 63.2 Å². The van der Waals surface area contributed by atoms with Gasteiger partial charge in [-0.25, -0.2) is 0 Å². The summed E-state index contributed by atoms with van der Waals surface area (Å²) < 4.78 is 0. The summed E-state index contributed by atoms with van der Waals surface area (Å²) in [5.41, 5.74) is 4.98. The number of aromatic nitrogens is 1. The van der Waals surface area contributed by atoms with Crippen LogP contribution in [0.4, 0.5) is 0 Å². The molecule has 0 atom stereocenters. The highest BCUT2D eigenvalue weighted by Gasteiger charge is 2.14. The standard InChI is InChI=1S/C24H23N/c1-16-11-12-25-23(13-16)19-7-9-21-17(14-19)5-6-18-15-20(24(2,3)4)8-10-22(18)21/h5-15H,1-4H3. The molecular formula is C24H23N. The van der Waals surface area contributed by atoms with E-state index in [0.29, 0.717) is 0 Å². The second-order valence-electron chi connectivity index (χ2n) is 7.91. The summed E-state index contributed by atoms with van der Waals surface area (Å²) in [5, 5.41) is 5.18. The Bertz CT molecular complexity index is 1080. The van der Waals surface area contributed by atoms with Crippen molar-refractivity contribution in [1.82, 2.24) is 4.98 Å². The molecule has 0 saturated carbocycles. The molecule has 124 valence electrons. The van der Waals surface area contributed by atoms with E-state index in [1.54, 1.807) is 0 Å². The van der Waals surface area contributed by atoms with Crippen LogP contribution in [0, 0.1) is 6.92 Å². The van der Waals surface area contributed by atoms with E-state index >= 15 is 0 Å². The summed E-state index contributed by atoms with van der Waals surface area (Å²) in [4.78, 5) is 4.52. The second-order valence-corrected chi connectivity index (χ2v) is 7.91. The molecule has 25 heavy (non-hydrogen) atoms. The summed E-state index contributed by atoms with van der Waals surface area (Å²) in [6.45, 7) is 8.88. The number of pyridine rings is 1. The fraction of sp³-hybridized carbons (Fsp3) is 0.208. The first-order chi connectivity index (χ1) is 11.9. The number of hydrogen-bond donors (Lipinski definition) is 0. The molecule has 1 heteroatoms. The molecule has 4 aromatic rings. The van der Waals surface area contributed by atoms with Crippen molar-refractivity contribution >= 4 is 21.5 Å². The molecular weight excluding hydrogens is 302 g/mol. The summed E-state index contributed by atoms with van der Waals surface area (Å²) in [7, 11) is 0. The van der Waals surface area contributed by atoms with Crippen LogP contribution in [0.2, 0.25) is 0 Å². The molecule has 1 heterocycles. The van der Waals surface area contributed by atoms with Crippen LogP contribution in [-0.2, 0) is 5.41 Å². The molecule has 4 rings (SSSR count). The first-order valence-electron chi connectivity index (χ1n) is 8.82. The molecule has 1 nitrogen and oxygen atoms in total. The Hall–Kier alpha value is -2.67. The second kappa shape index (κ2) is 5.70. The molecule has 0 spiro atoms. The maximum absolute atomic E-state index is 4.52. The molecule has 1 aromatic heterocycles. The third-order valence-corrected chi connectivity index (χ3v) is 4.91. The zero-order valence-corrected chi connectivity index (χ0v) is 15.3. The lowest BCUT2D eigenvalue weighted by Gasteiger charge is -2.19. The number of benzene rings is 3. The van der Waals surface area contributed by atoms with Crippen LogP contribution in [0.1, 0.15) is 31.9 Å². The fourth-order valence-electron chi connectivity index (χ4n) is 3.39. The lowest BCUT2D eigenvalue weighted by atomic mass is 9.85. The third kappa shape index (κ3) is 2.91. The van der Waals surface area contributed by atoms with Crippen LogP contribution in [-0.4, -0.2) is 4.98 Å². The van der Waals surface area contributed by atoms with E-state index in [4.69, 9.17) is 0 Å². The van der Waals surface area contributed by atoms with E-state index < -0.39 is 0 Å². The zero-order valence-electron chi connectivity index (χ0n) is 15.3. The van der Waals surface area contributed by atoms with E-state index in [-0.39, 0.29) is 5.41 Å². The lowest BCUT2D eigenvalue weighted by Crippen LogP contribution is -2.10. The molecule has 0 unspecified atom stereocenters. The molecule has 0 fully saturated rings. The predicted molar refractivity (Wildman–Crippen MR) is 108 cm³/mol. The predicted octanol–water partition coefficient (Wildman–Crippen LogP) is 6.66. The molecule has 0 aliphatic heterocycles. The van der Waals surface area contributed by atoms with Crippen LogP contribution in [0.25, 0.3) is 32.8 Å². The minimum absolute atomic E-state index is 0.170. The van der Waals surface area contributed by atoms with E-state index in [1.165, 1.54) is 38.2 Å². The van der Waals surface area contributed by atoms with Crippen molar-refractivity contribution in [2.75, 3.05) is 0 Å². The Labute approximate surface area is 149 Å². The van der Waals surface area contributed by atoms with Gasteiger partial charge in [0.05, 0.1) is 5.69 Å². The number of fused-ring (bicyclic) bond motifs is 3. The minimum Gasteiger partial charge on any atom is -0.256 e. The van der Waals surface area contributed by atoms with Crippen molar-refractivity contribution in [2.24, 2.45) is 0 Å². The topological polar surface area (TPSA) is 12.9 Å². The highest BCUT2D eigenvalue weighted by Crippen LogP contribution is 2.32. The van der Waals surface area contributed by atoms with Gasteiger partial charge in [-0.3, -0.25) is 4.98 Å². The molecule has 3 aromatic carbocycles. The highest BCUT2D eigenvalue weighted by atomic mass is 14.7. The molecule has 0 radical (unpaired) electrons. The van der Waals surface area contributed by atoms with Crippen LogP contribution in [0.5, 0.6) is 0 Å². The molecule has 0 bridgehead atoms. The van der Waals surface area contributed by atoms with Gasteiger partial charge >= 0.3 is 0 Å². The van der Waals surface area contributed by atoms with Crippen molar-refractivity contribution in [3.63, 3.8) is 0 Å². The molecule has 0 saturated heterocycles. The normalized spacial score (nSPS) is 12.0. The summed E-state index contributed by atoms with van der Waals surface area (Å²) >= 11 is 0. The molecule has 0 amide bonds. The third-order valence-electron chi connectivity index (χ3n) is 4.91. The molecule has 0 aliphatic carbocycles. The summed E-state index contributed by atoms with van der Waals surface area (Å²) in [5.74, 6) is 0. The van der Waals surface area contributed by atoms with E-state index in [9.17, 15) is 0 Å². The Kier molecular flexibility index (Phi) is 3.61. The van der Waals surface area contributed by atoms with Crippen molar-refractivity contribution in [3.05, 3.63) is 78.0 Å². The van der Waals surface area contributed by atoms with Crippen LogP contribution < -0.4 is 0 Å². The Morgan fingerprint density at radius 1 is 0.720 bits per heavy atom. The first-order valence-corrected chi connectivity index (χ1v) is 8.82. The van der Waals surface area contributed by atoms with Gasteiger partial charge in [-0.2, -0.15) is 0 Å². The average molecular weight is 325 g/mol. The monoisotopic (exact) mass is 325 g/mol. The van der Waals surface area contributed by atoms with E-state index in [1.807, 2.05) is 12.3 Å². The maximum atomic E-state index is 4.52.